The highest BCUT2D eigenvalue weighted by atomic mass is 15.3. The van der Waals surface area contributed by atoms with E-state index in [1.807, 2.05) is 6.20 Å². The second-order valence-corrected chi connectivity index (χ2v) is 5.72. The topological polar surface area (TPSA) is 58.3 Å². The molecule has 0 amide bonds. The maximum absolute atomic E-state index is 5.71. The first kappa shape index (κ1) is 12.7. The molecular weight excluding hydrogens is 238 g/mol. The van der Waals surface area contributed by atoms with Crippen molar-refractivity contribution in [1.29, 1.82) is 0 Å². The summed E-state index contributed by atoms with van der Waals surface area (Å²) in [5, 5.41) is 0. The first-order valence-electron chi connectivity index (χ1n) is 7.32. The normalized spacial score (nSPS) is 24.9. The van der Waals surface area contributed by atoms with Gasteiger partial charge in [0.15, 0.2) is 0 Å². The van der Waals surface area contributed by atoms with E-state index >= 15 is 0 Å². The van der Waals surface area contributed by atoms with E-state index in [-0.39, 0.29) is 0 Å². The van der Waals surface area contributed by atoms with Gasteiger partial charge in [0.1, 0.15) is 5.82 Å². The van der Waals surface area contributed by atoms with E-state index in [4.69, 9.17) is 5.73 Å². The van der Waals surface area contributed by atoms with Crippen molar-refractivity contribution in [3.05, 3.63) is 11.8 Å². The summed E-state index contributed by atoms with van der Waals surface area (Å²) in [6.07, 6.45) is 7.18. The van der Waals surface area contributed by atoms with E-state index in [1.54, 1.807) is 0 Å². The SMILES string of the molecule is Cc1cnc(N)nc1N1CCC(N2CCCCC2)C1. The molecule has 0 spiro atoms. The van der Waals surface area contributed by atoms with Crippen molar-refractivity contribution in [2.24, 2.45) is 0 Å². The average Bonchev–Trinajstić information content (AvgIpc) is 2.92. The van der Waals surface area contributed by atoms with Gasteiger partial charge in [-0.3, -0.25) is 4.90 Å². The number of nitrogens with two attached hydrogens (primary N) is 1. The van der Waals surface area contributed by atoms with Crippen LogP contribution in [0.4, 0.5) is 11.8 Å². The molecule has 0 saturated carbocycles. The molecule has 1 aromatic heterocycles. The second-order valence-electron chi connectivity index (χ2n) is 5.72. The predicted octanol–water partition coefficient (Wildman–Crippen LogP) is 1.43. The van der Waals surface area contributed by atoms with Crippen molar-refractivity contribution >= 4 is 11.8 Å². The third-order valence-electron chi connectivity index (χ3n) is 4.33. The number of hydrogen-bond donors (Lipinski definition) is 1. The van der Waals surface area contributed by atoms with Gasteiger partial charge in [-0.25, -0.2) is 4.98 Å². The van der Waals surface area contributed by atoms with Gasteiger partial charge in [-0.05, 0) is 39.3 Å². The van der Waals surface area contributed by atoms with Crippen molar-refractivity contribution in [1.82, 2.24) is 14.9 Å². The number of anilines is 2. The Balaban J connectivity index is 1.69. The van der Waals surface area contributed by atoms with Gasteiger partial charge in [-0.2, -0.15) is 4.98 Å². The summed E-state index contributed by atoms with van der Waals surface area (Å²) in [5.74, 6) is 1.40. The van der Waals surface area contributed by atoms with Crippen LogP contribution in [-0.2, 0) is 0 Å². The minimum atomic E-state index is 0.377. The fourth-order valence-electron chi connectivity index (χ4n) is 3.28. The largest absolute Gasteiger partial charge is 0.368 e. The van der Waals surface area contributed by atoms with E-state index < -0.39 is 0 Å². The molecule has 5 nitrogen and oxygen atoms in total. The van der Waals surface area contributed by atoms with Gasteiger partial charge in [-0.15, -0.1) is 0 Å². The highest BCUT2D eigenvalue weighted by molar-refractivity contribution is 5.49. The van der Waals surface area contributed by atoms with Gasteiger partial charge in [0.25, 0.3) is 0 Å². The van der Waals surface area contributed by atoms with Crippen LogP contribution in [0, 0.1) is 6.92 Å². The number of rotatable bonds is 2. The van der Waals surface area contributed by atoms with Gasteiger partial charge in [0.2, 0.25) is 5.95 Å². The number of nitrogens with zero attached hydrogens (tertiary/aromatic N) is 4. The van der Waals surface area contributed by atoms with Crippen LogP contribution in [0.15, 0.2) is 6.20 Å². The third-order valence-corrected chi connectivity index (χ3v) is 4.33. The number of likely N-dealkylation sites (tertiary alicyclic amines) is 1. The van der Waals surface area contributed by atoms with Crippen LogP contribution in [0.5, 0.6) is 0 Å². The quantitative estimate of drug-likeness (QED) is 0.873. The third kappa shape index (κ3) is 2.66. The molecular formula is C14H23N5. The van der Waals surface area contributed by atoms with Crippen LogP contribution in [0.2, 0.25) is 0 Å². The number of aromatic nitrogens is 2. The lowest BCUT2D eigenvalue weighted by atomic mass is 10.1. The molecule has 2 N–H and O–H groups in total. The molecule has 2 saturated heterocycles. The predicted molar refractivity (Wildman–Crippen MR) is 77.2 cm³/mol. The van der Waals surface area contributed by atoms with Crippen molar-refractivity contribution in [2.75, 3.05) is 36.8 Å². The molecule has 1 aromatic rings. The molecule has 0 aromatic carbocycles. The first-order chi connectivity index (χ1) is 9.24. The number of hydrogen-bond acceptors (Lipinski definition) is 5. The summed E-state index contributed by atoms with van der Waals surface area (Å²) in [6, 6.07) is 0.691. The Morgan fingerprint density at radius 2 is 2.00 bits per heavy atom. The van der Waals surface area contributed by atoms with E-state index in [0.717, 1.165) is 24.5 Å². The zero-order valence-corrected chi connectivity index (χ0v) is 11.7. The van der Waals surface area contributed by atoms with E-state index in [0.29, 0.717) is 12.0 Å². The summed E-state index contributed by atoms with van der Waals surface area (Å²) >= 11 is 0. The van der Waals surface area contributed by atoms with Gasteiger partial charge in [0, 0.05) is 30.9 Å². The standard InChI is InChI=1S/C14H23N5/c1-11-9-16-14(15)17-13(11)19-8-5-12(10-19)18-6-3-2-4-7-18/h9,12H,2-8,10H2,1H3,(H2,15,16,17). The molecule has 1 atom stereocenters. The highest BCUT2D eigenvalue weighted by Crippen LogP contribution is 2.26. The molecule has 3 heterocycles. The molecule has 0 bridgehead atoms. The molecule has 19 heavy (non-hydrogen) atoms. The molecule has 0 aliphatic carbocycles. The van der Waals surface area contributed by atoms with Crippen LogP contribution in [0.25, 0.3) is 0 Å². The Labute approximate surface area is 114 Å². The van der Waals surface area contributed by atoms with E-state index in [1.165, 1.54) is 38.8 Å². The van der Waals surface area contributed by atoms with Crippen LogP contribution in [0.3, 0.4) is 0 Å². The van der Waals surface area contributed by atoms with Gasteiger partial charge in [-0.1, -0.05) is 6.42 Å². The van der Waals surface area contributed by atoms with Crippen LogP contribution >= 0.6 is 0 Å². The monoisotopic (exact) mass is 261 g/mol. The summed E-state index contributed by atoms with van der Waals surface area (Å²) in [4.78, 5) is 13.5. The Hall–Kier alpha value is -1.36. The lowest BCUT2D eigenvalue weighted by molar-refractivity contribution is 0.175. The number of aryl methyl sites for hydroxylation is 1. The van der Waals surface area contributed by atoms with Gasteiger partial charge in [0.05, 0.1) is 0 Å². The minimum Gasteiger partial charge on any atom is -0.368 e. The molecule has 2 fully saturated rings. The van der Waals surface area contributed by atoms with Crippen LogP contribution in [-0.4, -0.2) is 47.1 Å². The fraction of sp³-hybridized carbons (Fsp3) is 0.714. The Kier molecular flexibility index (Phi) is 3.55. The lowest BCUT2D eigenvalue weighted by Crippen LogP contribution is -2.41. The lowest BCUT2D eigenvalue weighted by Gasteiger charge is -2.32. The summed E-state index contributed by atoms with van der Waals surface area (Å²) in [7, 11) is 0. The van der Waals surface area contributed by atoms with Crippen LogP contribution < -0.4 is 10.6 Å². The molecule has 2 aliphatic heterocycles. The van der Waals surface area contributed by atoms with Crippen molar-refractivity contribution in [2.45, 2.75) is 38.6 Å². The first-order valence-corrected chi connectivity index (χ1v) is 7.32. The molecule has 0 radical (unpaired) electrons. The zero-order chi connectivity index (χ0) is 13.2. The van der Waals surface area contributed by atoms with E-state index in [9.17, 15) is 0 Å². The minimum absolute atomic E-state index is 0.377. The number of piperidine rings is 1. The molecule has 104 valence electrons. The molecule has 2 aliphatic rings. The summed E-state index contributed by atoms with van der Waals surface area (Å²) in [5.41, 5.74) is 6.83. The van der Waals surface area contributed by atoms with Gasteiger partial charge >= 0.3 is 0 Å². The number of nitrogen functional groups attached to an aromatic ring is 1. The van der Waals surface area contributed by atoms with Gasteiger partial charge < -0.3 is 10.6 Å². The second kappa shape index (κ2) is 5.33. The molecule has 5 heteroatoms. The van der Waals surface area contributed by atoms with Crippen LogP contribution in [0.1, 0.15) is 31.2 Å². The highest BCUT2D eigenvalue weighted by Gasteiger charge is 2.29. The average molecular weight is 261 g/mol. The van der Waals surface area contributed by atoms with E-state index in [2.05, 4.69) is 26.7 Å². The summed E-state index contributed by atoms with van der Waals surface area (Å²) in [6.45, 7) is 6.76. The maximum Gasteiger partial charge on any atom is 0.221 e. The molecule has 3 rings (SSSR count). The van der Waals surface area contributed by atoms with Crippen molar-refractivity contribution in [3.8, 4) is 0 Å². The fourth-order valence-corrected chi connectivity index (χ4v) is 3.28. The van der Waals surface area contributed by atoms with Crippen molar-refractivity contribution in [3.63, 3.8) is 0 Å². The van der Waals surface area contributed by atoms with Crippen molar-refractivity contribution < 1.29 is 0 Å². The Morgan fingerprint density at radius 3 is 2.79 bits per heavy atom. The molecule has 1 unspecified atom stereocenters. The maximum atomic E-state index is 5.71. The smallest absolute Gasteiger partial charge is 0.221 e. The Bertz CT molecular complexity index is 441. The Morgan fingerprint density at radius 1 is 1.21 bits per heavy atom. The zero-order valence-electron chi connectivity index (χ0n) is 11.7. The summed E-state index contributed by atoms with van der Waals surface area (Å²) < 4.78 is 0.